The Bertz CT molecular complexity index is 1240. The van der Waals surface area contributed by atoms with Crippen molar-refractivity contribution in [2.75, 3.05) is 0 Å². The number of hydrogen-bond donors (Lipinski definition) is 0. The number of rotatable bonds is 3. The summed E-state index contributed by atoms with van der Waals surface area (Å²) in [7, 11) is 0. The van der Waals surface area contributed by atoms with E-state index in [9.17, 15) is 4.79 Å². The van der Waals surface area contributed by atoms with Crippen molar-refractivity contribution in [3.63, 3.8) is 0 Å². The Morgan fingerprint density at radius 2 is 1.90 bits per heavy atom. The van der Waals surface area contributed by atoms with Crippen LogP contribution in [-0.2, 0) is 0 Å². The summed E-state index contributed by atoms with van der Waals surface area (Å²) < 4.78 is 7.93. The van der Waals surface area contributed by atoms with E-state index < -0.39 is 5.76 Å². The smallest absolute Gasteiger partial charge is 0.392 e. The Hall–Kier alpha value is -3.46. The lowest BCUT2D eigenvalue weighted by atomic mass is 10.0. The van der Waals surface area contributed by atoms with Crippen molar-refractivity contribution in [2.24, 2.45) is 5.10 Å². The molecule has 2 aromatic heterocycles. The summed E-state index contributed by atoms with van der Waals surface area (Å²) >= 11 is 1.65. The third kappa shape index (κ3) is 3.40. The van der Waals surface area contributed by atoms with Crippen molar-refractivity contribution >= 4 is 17.5 Å². The number of hydrogen-bond acceptors (Lipinski definition) is 7. The van der Waals surface area contributed by atoms with Gasteiger partial charge in [0.25, 0.3) is 0 Å². The molecule has 1 aliphatic rings. The van der Waals surface area contributed by atoms with Crippen molar-refractivity contribution in [3.8, 4) is 5.69 Å². The van der Waals surface area contributed by atoms with Crippen molar-refractivity contribution in [1.29, 1.82) is 0 Å². The minimum Gasteiger partial charge on any atom is -0.392 e. The molecule has 8 nitrogen and oxygen atoms in total. The second-order valence-electron chi connectivity index (χ2n) is 6.57. The van der Waals surface area contributed by atoms with Crippen molar-refractivity contribution in [1.82, 2.24) is 24.7 Å². The van der Waals surface area contributed by atoms with Gasteiger partial charge in [-0.1, -0.05) is 54.2 Å². The molecule has 9 heteroatoms. The maximum absolute atomic E-state index is 11.9. The number of fused-ring (bicyclic) bond motifs is 1. The van der Waals surface area contributed by atoms with Gasteiger partial charge in [0.1, 0.15) is 6.33 Å². The molecule has 29 heavy (non-hydrogen) atoms. The molecule has 0 spiro atoms. The van der Waals surface area contributed by atoms with Gasteiger partial charge in [-0.15, -0.1) is 15.3 Å². The second-order valence-corrected chi connectivity index (χ2v) is 7.74. The molecule has 2 aromatic carbocycles. The van der Waals surface area contributed by atoms with Gasteiger partial charge in [0, 0.05) is 18.6 Å². The standard InChI is InChI=1S/C20H16N6O2S/c1-13-23-26(20(27)28-13)16-9-7-14(8-10-16)17-11-18(15-5-3-2-4-6-15)29-19-22-21-12-25(19)24-17/h2-10,12,18H,11H2,1H3. The average molecular weight is 404 g/mol. The highest BCUT2D eigenvalue weighted by Gasteiger charge is 2.24. The molecule has 0 radical (unpaired) electrons. The van der Waals surface area contributed by atoms with Crippen LogP contribution in [0.3, 0.4) is 0 Å². The third-order valence-electron chi connectivity index (χ3n) is 4.62. The molecular weight excluding hydrogens is 388 g/mol. The first-order valence-corrected chi connectivity index (χ1v) is 9.92. The molecule has 0 saturated carbocycles. The zero-order chi connectivity index (χ0) is 19.8. The number of aromatic nitrogens is 5. The van der Waals surface area contributed by atoms with E-state index in [2.05, 4.69) is 27.4 Å². The van der Waals surface area contributed by atoms with Gasteiger partial charge in [0.2, 0.25) is 11.0 Å². The van der Waals surface area contributed by atoms with Crippen LogP contribution in [0.4, 0.5) is 0 Å². The predicted molar refractivity (Wildman–Crippen MR) is 108 cm³/mol. The van der Waals surface area contributed by atoms with E-state index in [4.69, 9.17) is 9.52 Å². The minimum atomic E-state index is -0.503. The maximum Gasteiger partial charge on any atom is 0.441 e. The highest BCUT2D eigenvalue weighted by atomic mass is 32.2. The molecule has 4 aromatic rings. The van der Waals surface area contributed by atoms with Crippen molar-refractivity contribution in [2.45, 2.75) is 23.8 Å². The Kier molecular flexibility index (Phi) is 4.36. The second kappa shape index (κ2) is 7.17. The SMILES string of the molecule is Cc1nn(-c2ccc(C3=Nn4cnnc4SC(c4ccccc4)C3)cc2)c(=O)o1. The van der Waals surface area contributed by atoms with Crippen LogP contribution < -0.4 is 5.76 Å². The lowest BCUT2D eigenvalue weighted by Crippen LogP contribution is -2.13. The number of benzene rings is 2. The van der Waals surface area contributed by atoms with E-state index >= 15 is 0 Å². The zero-order valence-electron chi connectivity index (χ0n) is 15.5. The summed E-state index contributed by atoms with van der Waals surface area (Å²) in [4.78, 5) is 11.9. The monoisotopic (exact) mass is 404 g/mol. The number of thioether (sulfide) groups is 1. The number of aryl methyl sites for hydroxylation is 1. The van der Waals surface area contributed by atoms with E-state index in [1.165, 1.54) is 10.2 Å². The van der Waals surface area contributed by atoms with E-state index in [1.54, 1.807) is 29.7 Å². The van der Waals surface area contributed by atoms with Gasteiger partial charge in [-0.25, -0.2) is 4.79 Å². The van der Waals surface area contributed by atoms with Crippen LogP contribution in [0.25, 0.3) is 5.69 Å². The highest BCUT2D eigenvalue weighted by Crippen LogP contribution is 2.39. The van der Waals surface area contributed by atoms with Gasteiger partial charge >= 0.3 is 5.76 Å². The summed E-state index contributed by atoms with van der Waals surface area (Å²) in [6, 6.07) is 17.9. The topological polar surface area (TPSA) is 91.1 Å². The normalized spacial score (nSPS) is 16.2. The molecule has 3 heterocycles. The summed E-state index contributed by atoms with van der Waals surface area (Å²) in [6.07, 6.45) is 2.35. The van der Waals surface area contributed by atoms with Gasteiger partial charge in [-0.05, 0) is 23.3 Å². The molecule has 144 valence electrons. The van der Waals surface area contributed by atoms with Gasteiger partial charge < -0.3 is 4.42 Å². The largest absolute Gasteiger partial charge is 0.441 e. The van der Waals surface area contributed by atoms with Crippen LogP contribution in [-0.4, -0.2) is 30.4 Å². The Morgan fingerprint density at radius 1 is 1.10 bits per heavy atom. The predicted octanol–water partition coefficient (Wildman–Crippen LogP) is 3.21. The fraction of sp³-hybridized carbons (Fsp3) is 0.150. The molecule has 1 atom stereocenters. The van der Waals surface area contributed by atoms with Crippen LogP contribution in [0.5, 0.6) is 0 Å². The van der Waals surface area contributed by atoms with Gasteiger partial charge in [0.15, 0.2) is 0 Å². The number of nitrogens with zero attached hydrogens (tertiary/aromatic N) is 6. The average Bonchev–Trinajstić information content (AvgIpc) is 3.27. The van der Waals surface area contributed by atoms with Crippen LogP contribution in [0.2, 0.25) is 0 Å². The summed E-state index contributed by atoms with van der Waals surface area (Å²) in [6.45, 7) is 1.64. The van der Waals surface area contributed by atoms with Gasteiger partial charge in [0.05, 0.1) is 11.4 Å². The Labute approximate surface area is 169 Å². The van der Waals surface area contributed by atoms with E-state index in [0.29, 0.717) is 11.6 Å². The fourth-order valence-electron chi connectivity index (χ4n) is 3.24. The summed E-state index contributed by atoms with van der Waals surface area (Å²) in [5.74, 6) is -0.174. The maximum atomic E-state index is 11.9. The first-order valence-electron chi connectivity index (χ1n) is 9.04. The summed E-state index contributed by atoms with van der Waals surface area (Å²) in [5, 5.41) is 18.0. The zero-order valence-corrected chi connectivity index (χ0v) is 16.3. The molecule has 0 amide bonds. The first kappa shape index (κ1) is 17.6. The van der Waals surface area contributed by atoms with E-state index in [1.807, 2.05) is 42.5 Å². The molecule has 5 rings (SSSR count). The van der Waals surface area contributed by atoms with Crippen LogP contribution in [0, 0.1) is 6.92 Å². The highest BCUT2D eigenvalue weighted by molar-refractivity contribution is 7.99. The summed E-state index contributed by atoms with van der Waals surface area (Å²) in [5.41, 5.74) is 3.73. The van der Waals surface area contributed by atoms with E-state index in [-0.39, 0.29) is 5.25 Å². The molecule has 0 bridgehead atoms. The fourth-order valence-corrected chi connectivity index (χ4v) is 4.32. The molecule has 0 saturated heterocycles. The van der Waals surface area contributed by atoms with Crippen molar-refractivity contribution < 1.29 is 4.42 Å². The molecule has 1 unspecified atom stereocenters. The minimum absolute atomic E-state index is 0.167. The molecule has 1 aliphatic heterocycles. The molecule has 0 fully saturated rings. The van der Waals surface area contributed by atoms with Crippen LogP contribution >= 0.6 is 11.8 Å². The van der Waals surface area contributed by atoms with Crippen LogP contribution in [0.1, 0.15) is 28.7 Å². The Balaban J connectivity index is 1.52. The van der Waals surface area contributed by atoms with Gasteiger partial charge in [-0.3, -0.25) is 0 Å². The molecule has 0 N–H and O–H groups in total. The van der Waals surface area contributed by atoms with E-state index in [0.717, 1.165) is 22.9 Å². The Morgan fingerprint density at radius 3 is 2.62 bits per heavy atom. The lowest BCUT2D eigenvalue weighted by molar-refractivity contribution is 0.477. The molecule has 0 aliphatic carbocycles. The first-order chi connectivity index (χ1) is 14.2. The molecular formula is C20H16N6O2S. The third-order valence-corrected chi connectivity index (χ3v) is 5.82. The van der Waals surface area contributed by atoms with Gasteiger partial charge in [-0.2, -0.15) is 14.5 Å². The van der Waals surface area contributed by atoms with Crippen molar-refractivity contribution in [3.05, 3.63) is 88.5 Å². The quantitative estimate of drug-likeness (QED) is 0.521. The van der Waals surface area contributed by atoms with Crippen LogP contribution in [0.15, 0.2) is 80.4 Å². The lowest BCUT2D eigenvalue weighted by Gasteiger charge is -2.14.